The molecule has 1 saturated carbocycles. The molecule has 1 amide bonds. The van der Waals surface area contributed by atoms with Crippen molar-refractivity contribution in [2.24, 2.45) is 10.4 Å². The normalized spacial score (nSPS) is 15.7. The summed E-state index contributed by atoms with van der Waals surface area (Å²) in [6, 6.07) is 9.45. The lowest BCUT2D eigenvalue weighted by molar-refractivity contribution is -0.115. The molecule has 0 saturated heterocycles. The van der Waals surface area contributed by atoms with E-state index >= 15 is 0 Å². The Morgan fingerprint density at radius 3 is 2.52 bits per heavy atom. The van der Waals surface area contributed by atoms with Crippen LogP contribution in [0, 0.1) is 5.41 Å². The van der Waals surface area contributed by atoms with E-state index in [2.05, 4.69) is 20.9 Å². The maximum absolute atomic E-state index is 12.1. The topological polar surface area (TPSA) is 74.8 Å². The molecule has 7 heteroatoms. The molecule has 1 aromatic rings. The van der Waals surface area contributed by atoms with Crippen LogP contribution in [0.5, 0.6) is 0 Å². The van der Waals surface area contributed by atoms with Crippen LogP contribution in [0.1, 0.15) is 39.0 Å². The van der Waals surface area contributed by atoms with Gasteiger partial charge >= 0.3 is 0 Å². The number of hydrogen-bond donors (Lipinski definition) is 3. The van der Waals surface area contributed by atoms with Crippen molar-refractivity contribution in [3.63, 3.8) is 0 Å². The van der Waals surface area contributed by atoms with Crippen molar-refractivity contribution >= 4 is 41.5 Å². The van der Waals surface area contributed by atoms with E-state index in [0.717, 1.165) is 31.9 Å². The Kier molecular flexibility index (Phi) is 11.3. The largest absolute Gasteiger partial charge is 0.382 e. The molecule has 0 heterocycles. The molecule has 0 aromatic heterocycles. The number of benzene rings is 1. The maximum atomic E-state index is 12.1. The van der Waals surface area contributed by atoms with Crippen LogP contribution < -0.4 is 16.0 Å². The van der Waals surface area contributed by atoms with Crippen LogP contribution >= 0.6 is 24.0 Å². The number of amides is 1. The lowest BCUT2D eigenvalue weighted by atomic mass is 9.83. The number of carbonyl (C=O) groups excluding carboxylic acids is 1. The third kappa shape index (κ3) is 8.47. The third-order valence-electron chi connectivity index (χ3n) is 4.97. The van der Waals surface area contributed by atoms with Gasteiger partial charge in [0.15, 0.2) is 5.96 Å². The predicted octanol–water partition coefficient (Wildman–Crippen LogP) is 3.40. The number of nitrogens with one attached hydrogen (secondary N) is 3. The fourth-order valence-electron chi connectivity index (χ4n) is 3.46. The van der Waals surface area contributed by atoms with Crippen molar-refractivity contribution in [2.45, 2.75) is 39.0 Å². The Morgan fingerprint density at radius 1 is 1.19 bits per heavy atom. The number of halogens is 1. The number of rotatable bonds is 9. The molecule has 6 nitrogen and oxygen atoms in total. The van der Waals surface area contributed by atoms with E-state index in [1.807, 2.05) is 37.3 Å². The van der Waals surface area contributed by atoms with Crippen molar-refractivity contribution in [1.29, 1.82) is 0 Å². The Balaban J connectivity index is 0.00000364. The van der Waals surface area contributed by atoms with Crippen molar-refractivity contribution in [2.75, 3.05) is 38.7 Å². The molecule has 0 spiro atoms. The molecule has 27 heavy (non-hydrogen) atoms. The molecule has 1 aliphatic carbocycles. The van der Waals surface area contributed by atoms with Gasteiger partial charge in [0, 0.05) is 32.5 Å². The maximum Gasteiger partial charge on any atom is 0.243 e. The molecular weight excluding hydrogens is 455 g/mol. The van der Waals surface area contributed by atoms with Crippen LogP contribution in [0.25, 0.3) is 0 Å². The van der Waals surface area contributed by atoms with Crippen molar-refractivity contribution in [3.8, 4) is 0 Å². The van der Waals surface area contributed by atoms with Crippen LogP contribution in [0.4, 0.5) is 5.69 Å². The first-order valence-corrected chi connectivity index (χ1v) is 9.54. The summed E-state index contributed by atoms with van der Waals surface area (Å²) in [6.07, 6.45) is 6.06. The summed E-state index contributed by atoms with van der Waals surface area (Å²) in [7, 11) is 1.73. The van der Waals surface area contributed by atoms with E-state index in [0.29, 0.717) is 5.96 Å². The van der Waals surface area contributed by atoms with Crippen LogP contribution in [-0.4, -0.2) is 45.2 Å². The van der Waals surface area contributed by atoms with Gasteiger partial charge in [-0.15, -0.1) is 24.0 Å². The standard InChI is InChI=1S/C20H32N4O2.HI/c1-3-26-14-13-20(11-7-8-12-20)16-23-19(21-2)22-15-18(25)24-17-9-5-4-6-10-17;/h4-6,9-10H,3,7-8,11-16H2,1-2H3,(H,24,25)(H2,21,22,23);1H. The van der Waals surface area contributed by atoms with E-state index < -0.39 is 0 Å². The molecule has 152 valence electrons. The first kappa shape index (κ1) is 23.7. The number of aliphatic imine (C=N–C) groups is 1. The molecule has 0 aliphatic heterocycles. The van der Waals surface area contributed by atoms with Gasteiger partial charge in [0.2, 0.25) is 5.91 Å². The molecule has 0 unspecified atom stereocenters. The van der Waals surface area contributed by atoms with Crippen molar-refractivity contribution in [3.05, 3.63) is 30.3 Å². The second-order valence-electron chi connectivity index (χ2n) is 6.85. The molecular formula is C20H33IN4O2. The number of carbonyl (C=O) groups is 1. The molecule has 3 N–H and O–H groups in total. The van der Waals surface area contributed by atoms with Gasteiger partial charge in [-0.1, -0.05) is 31.0 Å². The Hall–Kier alpha value is -1.35. The van der Waals surface area contributed by atoms with Crippen LogP contribution in [-0.2, 0) is 9.53 Å². The van der Waals surface area contributed by atoms with E-state index in [1.54, 1.807) is 7.05 Å². The summed E-state index contributed by atoms with van der Waals surface area (Å²) in [6.45, 7) is 4.65. The summed E-state index contributed by atoms with van der Waals surface area (Å²) >= 11 is 0. The average molecular weight is 488 g/mol. The fourth-order valence-corrected chi connectivity index (χ4v) is 3.46. The van der Waals surface area contributed by atoms with E-state index in [9.17, 15) is 4.79 Å². The molecule has 0 atom stereocenters. The number of hydrogen-bond acceptors (Lipinski definition) is 3. The number of ether oxygens (including phenoxy) is 1. The van der Waals surface area contributed by atoms with E-state index in [-0.39, 0.29) is 41.8 Å². The highest BCUT2D eigenvalue weighted by atomic mass is 127. The van der Waals surface area contributed by atoms with Gasteiger partial charge in [0.05, 0.1) is 6.54 Å². The van der Waals surface area contributed by atoms with Gasteiger partial charge in [-0.05, 0) is 43.7 Å². The highest BCUT2D eigenvalue weighted by molar-refractivity contribution is 14.0. The molecule has 0 bridgehead atoms. The minimum absolute atomic E-state index is 0. The quantitative estimate of drug-likeness (QED) is 0.216. The summed E-state index contributed by atoms with van der Waals surface area (Å²) in [4.78, 5) is 16.3. The second kappa shape index (κ2) is 12.9. The lowest BCUT2D eigenvalue weighted by Crippen LogP contribution is -2.45. The number of nitrogens with zero attached hydrogens (tertiary/aromatic N) is 1. The van der Waals surface area contributed by atoms with Gasteiger partial charge in [-0.25, -0.2) is 0 Å². The predicted molar refractivity (Wildman–Crippen MR) is 122 cm³/mol. The summed E-state index contributed by atoms with van der Waals surface area (Å²) in [5, 5.41) is 9.35. The Labute approximate surface area is 179 Å². The van der Waals surface area contributed by atoms with Crippen molar-refractivity contribution in [1.82, 2.24) is 10.6 Å². The summed E-state index contributed by atoms with van der Waals surface area (Å²) in [5.41, 5.74) is 1.07. The van der Waals surface area contributed by atoms with E-state index in [1.165, 1.54) is 25.7 Å². The average Bonchev–Trinajstić information content (AvgIpc) is 3.12. The number of anilines is 1. The Bertz CT molecular complexity index is 575. The van der Waals surface area contributed by atoms with Crippen molar-refractivity contribution < 1.29 is 9.53 Å². The van der Waals surface area contributed by atoms with Gasteiger partial charge in [0.25, 0.3) is 0 Å². The monoisotopic (exact) mass is 488 g/mol. The van der Waals surface area contributed by atoms with E-state index in [4.69, 9.17) is 4.74 Å². The van der Waals surface area contributed by atoms with Gasteiger partial charge in [-0.2, -0.15) is 0 Å². The number of para-hydroxylation sites is 1. The summed E-state index contributed by atoms with van der Waals surface area (Å²) in [5.74, 6) is 0.571. The third-order valence-corrected chi connectivity index (χ3v) is 4.97. The molecule has 0 radical (unpaired) electrons. The molecule has 2 rings (SSSR count). The molecule has 1 fully saturated rings. The van der Waals surface area contributed by atoms with Crippen LogP contribution in [0.3, 0.4) is 0 Å². The molecule has 1 aliphatic rings. The van der Waals surface area contributed by atoms with Gasteiger partial charge in [0.1, 0.15) is 0 Å². The molecule has 1 aromatic carbocycles. The summed E-state index contributed by atoms with van der Waals surface area (Å²) < 4.78 is 5.56. The smallest absolute Gasteiger partial charge is 0.243 e. The van der Waals surface area contributed by atoms with Crippen LogP contribution in [0.15, 0.2) is 35.3 Å². The second-order valence-corrected chi connectivity index (χ2v) is 6.85. The minimum atomic E-state index is -0.0916. The first-order chi connectivity index (χ1) is 12.7. The van der Waals surface area contributed by atoms with Gasteiger partial charge in [-0.3, -0.25) is 9.79 Å². The first-order valence-electron chi connectivity index (χ1n) is 9.54. The zero-order valence-electron chi connectivity index (χ0n) is 16.4. The zero-order valence-corrected chi connectivity index (χ0v) is 18.8. The Morgan fingerprint density at radius 2 is 1.89 bits per heavy atom. The lowest BCUT2D eigenvalue weighted by Gasteiger charge is -2.30. The number of guanidine groups is 1. The highest BCUT2D eigenvalue weighted by Gasteiger charge is 2.33. The fraction of sp³-hybridized carbons (Fsp3) is 0.600. The zero-order chi connectivity index (χ0) is 18.7. The SMILES string of the molecule is CCOCCC1(CNC(=NC)NCC(=O)Nc2ccccc2)CCCC1.I. The van der Waals surface area contributed by atoms with Gasteiger partial charge < -0.3 is 20.7 Å². The van der Waals surface area contributed by atoms with Crippen LogP contribution in [0.2, 0.25) is 0 Å². The minimum Gasteiger partial charge on any atom is -0.382 e. The highest BCUT2D eigenvalue weighted by Crippen LogP contribution is 2.40.